The molecule has 226 valence electrons. The Morgan fingerprint density at radius 2 is 1.73 bits per heavy atom. The molecule has 1 heterocycles. The summed E-state index contributed by atoms with van der Waals surface area (Å²) in [4.78, 5) is 46.4. The fourth-order valence-corrected chi connectivity index (χ4v) is 5.55. The fraction of sp³-hybridized carbons (Fsp3) is 0.636. The average molecular weight is 566 g/mol. The Morgan fingerprint density at radius 3 is 2.29 bits per heavy atom. The Kier molecular flexibility index (Phi) is 13.5. The van der Waals surface area contributed by atoms with Gasteiger partial charge in [0.1, 0.15) is 6.04 Å². The molecular formula is C33H51N5O3. The summed E-state index contributed by atoms with van der Waals surface area (Å²) in [5, 5.41) is 12.3. The first kappa shape index (κ1) is 34.0. The zero-order chi connectivity index (χ0) is 30.7. The van der Waals surface area contributed by atoms with Gasteiger partial charge in [-0.25, -0.2) is 0 Å². The van der Waals surface area contributed by atoms with Crippen molar-refractivity contribution >= 4 is 17.7 Å². The molecule has 3 atom stereocenters. The lowest BCUT2D eigenvalue weighted by atomic mass is 9.95. The Hall–Kier alpha value is -3.18. The van der Waals surface area contributed by atoms with Gasteiger partial charge in [-0.05, 0) is 57.6 Å². The third-order valence-electron chi connectivity index (χ3n) is 7.97. The highest BCUT2D eigenvalue weighted by Gasteiger charge is 2.36. The minimum atomic E-state index is -0.667. The van der Waals surface area contributed by atoms with Crippen molar-refractivity contribution in [2.45, 2.75) is 105 Å². The van der Waals surface area contributed by atoms with Crippen molar-refractivity contribution in [1.82, 2.24) is 20.0 Å². The highest BCUT2D eigenvalue weighted by atomic mass is 16.2. The number of benzene rings is 1. The van der Waals surface area contributed by atoms with Gasteiger partial charge < -0.3 is 15.1 Å². The molecule has 8 heteroatoms. The number of carbonyl (C=O) groups excluding carboxylic acids is 3. The molecule has 1 fully saturated rings. The summed E-state index contributed by atoms with van der Waals surface area (Å²) in [7, 11) is 1.75. The van der Waals surface area contributed by atoms with Crippen LogP contribution in [0.2, 0.25) is 0 Å². The van der Waals surface area contributed by atoms with Crippen molar-refractivity contribution in [2.24, 2.45) is 11.8 Å². The van der Waals surface area contributed by atoms with Gasteiger partial charge in [0.05, 0.1) is 24.6 Å². The van der Waals surface area contributed by atoms with Crippen molar-refractivity contribution < 1.29 is 14.4 Å². The maximum absolute atomic E-state index is 13.9. The molecule has 0 aliphatic carbocycles. The van der Waals surface area contributed by atoms with Gasteiger partial charge in [0.25, 0.3) is 0 Å². The van der Waals surface area contributed by atoms with Gasteiger partial charge in [0, 0.05) is 31.8 Å². The fourth-order valence-electron chi connectivity index (χ4n) is 5.55. The molecule has 41 heavy (non-hydrogen) atoms. The van der Waals surface area contributed by atoms with E-state index >= 15 is 0 Å². The van der Waals surface area contributed by atoms with Crippen LogP contribution in [0.4, 0.5) is 0 Å². The van der Waals surface area contributed by atoms with E-state index in [1.54, 1.807) is 23.8 Å². The van der Waals surface area contributed by atoms with Crippen LogP contribution in [0.3, 0.4) is 0 Å². The number of nitriles is 1. The lowest BCUT2D eigenvalue weighted by molar-refractivity contribution is -0.140. The number of amides is 3. The van der Waals surface area contributed by atoms with Crippen LogP contribution in [-0.2, 0) is 20.9 Å². The minimum absolute atomic E-state index is 0.0340. The second kappa shape index (κ2) is 16.3. The predicted octanol–water partition coefficient (Wildman–Crippen LogP) is 4.76. The van der Waals surface area contributed by atoms with E-state index in [2.05, 4.69) is 30.1 Å². The van der Waals surface area contributed by atoms with E-state index in [9.17, 15) is 14.4 Å². The van der Waals surface area contributed by atoms with Crippen LogP contribution >= 0.6 is 0 Å². The smallest absolute Gasteiger partial charge is 0.249 e. The molecule has 1 aromatic carbocycles. The molecule has 0 radical (unpaired) electrons. The second-order valence-corrected chi connectivity index (χ2v) is 12.2. The molecule has 0 aromatic heterocycles. The van der Waals surface area contributed by atoms with Crippen LogP contribution in [-0.4, -0.2) is 76.7 Å². The summed E-state index contributed by atoms with van der Waals surface area (Å²) in [6, 6.07) is 10.9. The van der Waals surface area contributed by atoms with Crippen LogP contribution < -0.4 is 5.32 Å². The molecular weight excluding hydrogens is 514 g/mol. The van der Waals surface area contributed by atoms with E-state index < -0.39 is 6.04 Å². The van der Waals surface area contributed by atoms with Gasteiger partial charge in [0.15, 0.2) is 0 Å². The number of piperidine rings is 1. The SMILES string of the molecule is C/C(=C\[C@H](C(C)C)N(C)C(=O)C(NC(=O)[C@H]1CCCCN1C(C)C)C(C)C)C(=O)N(CCC#N)Cc1ccccc1. The van der Waals surface area contributed by atoms with Crippen LogP contribution in [0.15, 0.2) is 42.0 Å². The van der Waals surface area contributed by atoms with Crippen LogP contribution in [0.25, 0.3) is 0 Å². The quantitative estimate of drug-likeness (QED) is 0.348. The molecule has 3 amide bonds. The zero-order valence-electron chi connectivity index (χ0n) is 26.4. The molecule has 1 aliphatic rings. The predicted molar refractivity (Wildman–Crippen MR) is 163 cm³/mol. The monoisotopic (exact) mass is 565 g/mol. The summed E-state index contributed by atoms with van der Waals surface area (Å²) in [6.45, 7) is 15.5. The lowest BCUT2D eigenvalue weighted by Crippen LogP contribution is -2.58. The van der Waals surface area contributed by atoms with Gasteiger partial charge in [-0.15, -0.1) is 0 Å². The molecule has 2 rings (SSSR count). The molecule has 1 N–H and O–H groups in total. The zero-order valence-corrected chi connectivity index (χ0v) is 26.4. The second-order valence-electron chi connectivity index (χ2n) is 12.2. The summed E-state index contributed by atoms with van der Waals surface area (Å²) in [5.41, 5.74) is 1.51. The number of rotatable bonds is 13. The summed E-state index contributed by atoms with van der Waals surface area (Å²) >= 11 is 0. The summed E-state index contributed by atoms with van der Waals surface area (Å²) in [6.07, 6.45) is 4.98. The van der Waals surface area contributed by atoms with Crippen LogP contribution in [0, 0.1) is 23.2 Å². The average Bonchev–Trinajstić information content (AvgIpc) is 2.95. The number of carbonyl (C=O) groups is 3. The summed E-state index contributed by atoms with van der Waals surface area (Å²) < 4.78 is 0. The Labute approximate surface area is 247 Å². The van der Waals surface area contributed by atoms with Gasteiger partial charge in [-0.3, -0.25) is 19.3 Å². The van der Waals surface area contributed by atoms with Crippen molar-refractivity contribution in [1.29, 1.82) is 5.26 Å². The molecule has 1 aliphatic heterocycles. The van der Waals surface area contributed by atoms with Gasteiger partial charge in [-0.2, -0.15) is 5.26 Å². The van der Waals surface area contributed by atoms with Gasteiger partial charge in [0.2, 0.25) is 17.7 Å². The molecule has 0 saturated carbocycles. The first-order valence-electron chi connectivity index (χ1n) is 15.1. The third kappa shape index (κ3) is 9.71. The number of nitrogens with zero attached hydrogens (tertiary/aromatic N) is 4. The Morgan fingerprint density at radius 1 is 1.07 bits per heavy atom. The standard InChI is InChI=1S/C33H51N5O3/c1-23(2)29(21-26(7)32(40)37(19-14-18-34)22-27-15-10-9-11-16-27)36(8)33(41)30(24(3)4)35-31(39)28-17-12-13-20-38(28)25(5)6/h9-11,15-16,21,23-25,28-30H,12-14,17,19-20,22H2,1-8H3,(H,35,39)/b26-21+/t28-,29-,30?/m1/s1. The van der Waals surface area contributed by atoms with E-state index in [0.717, 1.165) is 31.4 Å². The van der Waals surface area contributed by atoms with Crippen molar-refractivity contribution in [3.8, 4) is 6.07 Å². The topological polar surface area (TPSA) is 96.8 Å². The highest BCUT2D eigenvalue weighted by molar-refractivity contribution is 5.93. The largest absolute Gasteiger partial charge is 0.343 e. The van der Waals surface area contributed by atoms with Gasteiger partial charge >= 0.3 is 0 Å². The van der Waals surface area contributed by atoms with E-state index in [4.69, 9.17) is 5.26 Å². The minimum Gasteiger partial charge on any atom is -0.343 e. The maximum Gasteiger partial charge on any atom is 0.249 e. The van der Waals surface area contributed by atoms with Crippen molar-refractivity contribution in [3.05, 3.63) is 47.5 Å². The number of hydrogen-bond donors (Lipinski definition) is 1. The van der Waals surface area contributed by atoms with E-state index in [-0.39, 0.29) is 54.1 Å². The van der Waals surface area contributed by atoms with E-state index in [0.29, 0.717) is 18.7 Å². The molecule has 1 saturated heterocycles. The van der Waals surface area contributed by atoms with Crippen LogP contribution in [0.1, 0.15) is 79.7 Å². The lowest BCUT2D eigenvalue weighted by Gasteiger charge is -2.39. The van der Waals surface area contributed by atoms with E-state index in [1.165, 1.54) is 0 Å². The molecule has 0 spiro atoms. The molecule has 1 unspecified atom stereocenters. The Balaban J connectivity index is 2.25. The van der Waals surface area contributed by atoms with Crippen LogP contribution in [0.5, 0.6) is 0 Å². The van der Waals surface area contributed by atoms with Gasteiger partial charge in [-0.1, -0.05) is 70.5 Å². The molecule has 0 bridgehead atoms. The van der Waals surface area contributed by atoms with Crippen molar-refractivity contribution in [3.63, 3.8) is 0 Å². The van der Waals surface area contributed by atoms with E-state index in [1.807, 2.05) is 64.1 Å². The normalized spacial score (nSPS) is 17.7. The highest BCUT2D eigenvalue weighted by Crippen LogP contribution is 2.22. The number of hydrogen-bond acceptors (Lipinski definition) is 5. The first-order valence-corrected chi connectivity index (χ1v) is 15.1. The van der Waals surface area contributed by atoms with Crippen molar-refractivity contribution in [2.75, 3.05) is 20.1 Å². The number of nitrogens with one attached hydrogen (secondary N) is 1. The molecule has 8 nitrogen and oxygen atoms in total. The number of likely N-dealkylation sites (tertiary alicyclic amines) is 1. The maximum atomic E-state index is 13.9. The Bertz CT molecular complexity index is 1080. The number of likely N-dealkylation sites (N-methyl/N-ethyl adjacent to an activating group) is 1. The summed E-state index contributed by atoms with van der Waals surface area (Å²) in [5.74, 6) is -0.476. The first-order chi connectivity index (χ1) is 19.4. The third-order valence-corrected chi connectivity index (χ3v) is 7.97. The molecule has 1 aromatic rings.